The van der Waals surface area contributed by atoms with Gasteiger partial charge in [-0.3, -0.25) is 4.79 Å². The lowest BCUT2D eigenvalue weighted by Gasteiger charge is -2.38. The highest BCUT2D eigenvalue weighted by Gasteiger charge is 2.37. The minimum Gasteiger partial charge on any atom is -0.484 e. The Hall–Kier alpha value is -3.96. The molecule has 2 aromatic carbocycles. The molecule has 1 aliphatic rings. The summed E-state index contributed by atoms with van der Waals surface area (Å²) >= 11 is 0. The van der Waals surface area contributed by atoms with Gasteiger partial charge >= 0.3 is 6.18 Å². The maximum absolute atomic E-state index is 14.1. The van der Waals surface area contributed by atoms with Crippen molar-refractivity contribution in [2.24, 2.45) is 0 Å². The lowest BCUT2D eigenvalue weighted by molar-refractivity contribution is -0.140. The topological polar surface area (TPSA) is 92.3 Å². The number of nitrogens with zero attached hydrogens (tertiary/aromatic N) is 4. The molecule has 1 aliphatic heterocycles. The van der Waals surface area contributed by atoms with Crippen LogP contribution in [0.15, 0.2) is 48.8 Å². The molecule has 0 bridgehead atoms. The fraction of sp³-hybridized carbons (Fsp3) is 0.238. The van der Waals surface area contributed by atoms with E-state index in [0.29, 0.717) is 23.3 Å². The molecule has 1 amide bonds. The molecule has 0 saturated carbocycles. The summed E-state index contributed by atoms with van der Waals surface area (Å²) < 4.78 is 58.1. The Morgan fingerprint density at radius 1 is 1.15 bits per heavy atom. The van der Waals surface area contributed by atoms with Gasteiger partial charge in [0.2, 0.25) is 11.9 Å². The van der Waals surface area contributed by atoms with E-state index in [1.807, 2.05) is 0 Å². The van der Waals surface area contributed by atoms with Crippen LogP contribution in [-0.4, -0.2) is 47.1 Å². The number of amides is 1. The lowest BCUT2D eigenvalue weighted by Crippen LogP contribution is -2.54. The summed E-state index contributed by atoms with van der Waals surface area (Å²) in [6, 6.07) is 9.67. The molecule has 0 unspecified atom stereocenters. The molecule has 0 aliphatic carbocycles. The highest BCUT2D eigenvalue weighted by atomic mass is 19.4. The van der Waals surface area contributed by atoms with Gasteiger partial charge in [0.1, 0.15) is 12.4 Å². The number of halogens is 4. The zero-order valence-electron chi connectivity index (χ0n) is 17.2. The average Bonchev–Trinajstić information content (AvgIpc) is 2.76. The van der Waals surface area contributed by atoms with Crippen molar-refractivity contribution in [3.8, 4) is 5.75 Å². The van der Waals surface area contributed by atoms with Crippen LogP contribution in [0.5, 0.6) is 5.75 Å². The Kier molecular flexibility index (Phi) is 5.99. The Labute approximate surface area is 185 Å². The Bertz CT molecular complexity index is 1170. The smallest absolute Gasteiger partial charge is 0.419 e. The molecule has 2 N–H and O–H groups in total. The van der Waals surface area contributed by atoms with Crippen LogP contribution in [0.1, 0.15) is 15.9 Å². The number of rotatable bonds is 6. The van der Waals surface area contributed by atoms with Gasteiger partial charge in [0, 0.05) is 18.3 Å². The number of benzene rings is 2. The number of ether oxygens (including phenoxy) is 1. The molecule has 1 saturated heterocycles. The Morgan fingerprint density at radius 3 is 2.64 bits per heavy atom. The van der Waals surface area contributed by atoms with Crippen molar-refractivity contribution < 1.29 is 27.1 Å². The predicted octanol–water partition coefficient (Wildman–Crippen LogP) is 3.40. The molecule has 0 atom stereocenters. The fourth-order valence-corrected chi connectivity index (χ4v) is 3.19. The van der Waals surface area contributed by atoms with Crippen LogP contribution in [0.3, 0.4) is 0 Å². The van der Waals surface area contributed by atoms with E-state index < -0.39 is 29.4 Å². The summed E-state index contributed by atoms with van der Waals surface area (Å²) in [4.78, 5) is 25.9. The standard InChI is InChI=1S/C21H18F4N6O2/c1-26-18(32)12-4-2-5-13(8-12)29-19-27-11-28-20(30-19)31-9-14(10-31)33-16-7-3-6-15(17(16)22)21(23,24)25/h2-8,11,14H,9-10H2,1H3,(H,26,32)(H,27,28,29,30). The van der Waals surface area contributed by atoms with Gasteiger partial charge in [-0.25, -0.2) is 14.4 Å². The summed E-state index contributed by atoms with van der Waals surface area (Å²) in [7, 11) is 1.53. The number of hydrogen-bond acceptors (Lipinski definition) is 7. The van der Waals surface area contributed by atoms with E-state index in [-0.39, 0.29) is 24.9 Å². The summed E-state index contributed by atoms with van der Waals surface area (Å²) in [5, 5.41) is 5.53. The third-order valence-corrected chi connectivity index (χ3v) is 4.86. The first-order valence-electron chi connectivity index (χ1n) is 9.80. The highest BCUT2D eigenvalue weighted by molar-refractivity contribution is 5.95. The summed E-state index contributed by atoms with van der Waals surface area (Å²) in [5.41, 5.74) is -0.315. The van der Waals surface area contributed by atoms with E-state index >= 15 is 0 Å². The van der Waals surface area contributed by atoms with E-state index in [1.165, 1.54) is 13.4 Å². The summed E-state index contributed by atoms with van der Waals surface area (Å²) in [5.74, 6) is -1.57. The van der Waals surface area contributed by atoms with E-state index in [1.54, 1.807) is 29.2 Å². The quantitative estimate of drug-likeness (QED) is 0.543. The highest BCUT2D eigenvalue weighted by Crippen LogP contribution is 2.35. The van der Waals surface area contributed by atoms with Crippen LogP contribution in [0.4, 0.5) is 35.1 Å². The van der Waals surface area contributed by atoms with Crippen LogP contribution in [0.25, 0.3) is 0 Å². The second kappa shape index (κ2) is 8.88. The molecule has 8 nitrogen and oxygen atoms in total. The van der Waals surface area contributed by atoms with Crippen LogP contribution in [-0.2, 0) is 6.18 Å². The summed E-state index contributed by atoms with van der Waals surface area (Å²) in [6.45, 7) is 0.511. The van der Waals surface area contributed by atoms with Crippen molar-refractivity contribution in [3.63, 3.8) is 0 Å². The second-order valence-electron chi connectivity index (χ2n) is 7.15. The largest absolute Gasteiger partial charge is 0.484 e. The second-order valence-corrected chi connectivity index (χ2v) is 7.15. The van der Waals surface area contributed by atoms with Crippen molar-refractivity contribution in [1.82, 2.24) is 20.3 Å². The first-order chi connectivity index (χ1) is 15.7. The Balaban J connectivity index is 1.39. The Morgan fingerprint density at radius 2 is 1.91 bits per heavy atom. The van der Waals surface area contributed by atoms with Crippen molar-refractivity contribution in [2.75, 3.05) is 30.4 Å². The molecule has 1 fully saturated rings. The van der Waals surface area contributed by atoms with Gasteiger partial charge < -0.3 is 20.3 Å². The van der Waals surface area contributed by atoms with E-state index in [9.17, 15) is 22.4 Å². The number of carbonyl (C=O) groups is 1. The van der Waals surface area contributed by atoms with Crippen molar-refractivity contribution in [3.05, 3.63) is 65.7 Å². The molecular formula is C21H18F4N6O2. The van der Waals surface area contributed by atoms with Crippen LogP contribution in [0, 0.1) is 5.82 Å². The van der Waals surface area contributed by atoms with Gasteiger partial charge in [-0.2, -0.15) is 18.2 Å². The van der Waals surface area contributed by atoms with Crippen molar-refractivity contribution in [2.45, 2.75) is 12.3 Å². The van der Waals surface area contributed by atoms with Crippen LogP contribution < -0.4 is 20.3 Å². The number of nitrogens with one attached hydrogen (secondary N) is 2. The lowest BCUT2D eigenvalue weighted by atomic mass is 10.1. The predicted molar refractivity (Wildman–Crippen MR) is 111 cm³/mol. The number of carbonyl (C=O) groups excluding carboxylic acids is 1. The van der Waals surface area contributed by atoms with Gasteiger partial charge in [-0.1, -0.05) is 12.1 Å². The van der Waals surface area contributed by atoms with Gasteiger partial charge in [-0.15, -0.1) is 0 Å². The third-order valence-electron chi connectivity index (χ3n) is 4.86. The normalized spacial score (nSPS) is 13.9. The minimum atomic E-state index is -4.80. The van der Waals surface area contributed by atoms with E-state index in [0.717, 1.165) is 12.1 Å². The van der Waals surface area contributed by atoms with Crippen LogP contribution >= 0.6 is 0 Å². The van der Waals surface area contributed by atoms with Gasteiger partial charge in [0.15, 0.2) is 11.6 Å². The monoisotopic (exact) mass is 462 g/mol. The van der Waals surface area contributed by atoms with E-state index in [4.69, 9.17) is 4.74 Å². The zero-order chi connectivity index (χ0) is 23.6. The SMILES string of the molecule is CNC(=O)c1cccc(Nc2ncnc(N3CC(Oc4cccc(C(F)(F)F)c4F)C3)n2)c1. The first-order valence-corrected chi connectivity index (χ1v) is 9.80. The number of alkyl halides is 3. The van der Waals surface area contributed by atoms with Crippen molar-refractivity contribution in [1.29, 1.82) is 0 Å². The summed E-state index contributed by atoms with van der Waals surface area (Å²) in [6.07, 6.45) is -4.03. The average molecular weight is 462 g/mol. The molecule has 1 aromatic heterocycles. The first kappa shape index (κ1) is 22.2. The maximum Gasteiger partial charge on any atom is 0.419 e. The molecular weight excluding hydrogens is 444 g/mol. The minimum absolute atomic E-state index is 0.237. The third kappa shape index (κ3) is 4.94. The molecule has 12 heteroatoms. The number of anilines is 3. The molecule has 33 heavy (non-hydrogen) atoms. The zero-order valence-corrected chi connectivity index (χ0v) is 17.2. The molecule has 2 heterocycles. The maximum atomic E-state index is 14.1. The molecule has 3 aromatic rings. The van der Waals surface area contributed by atoms with Gasteiger partial charge in [0.05, 0.1) is 18.7 Å². The molecule has 0 radical (unpaired) electrons. The number of aromatic nitrogens is 3. The van der Waals surface area contributed by atoms with Gasteiger partial charge in [0.25, 0.3) is 5.91 Å². The number of hydrogen-bond donors (Lipinski definition) is 2. The van der Waals surface area contributed by atoms with Crippen molar-refractivity contribution >= 4 is 23.5 Å². The molecule has 0 spiro atoms. The van der Waals surface area contributed by atoms with Crippen LogP contribution in [0.2, 0.25) is 0 Å². The molecule has 172 valence electrons. The van der Waals surface area contributed by atoms with Gasteiger partial charge in [-0.05, 0) is 30.3 Å². The molecule has 4 rings (SSSR count). The fourth-order valence-electron chi connectivity index (χ4n) is 3.19. The van der Waals surface area contributed by atoms with E-state index in [2.05, 4.69) is 25.6 Å².